The highest BCUT2D eigenvalue weighted by Crippen LogP contribution is 2.54. The van der Waals surface area contributed by atoms with Gasteiger partial charge in [0.25, 0.3) is 0 Å². The van der Waals surface area contributed by atoms with E-state index < -0.39 is 29.0 Å². The molecular weight excluding hydrogens is 1440 g/mol. The molecule has 16 heteroatoms. The molecule has 3 aliphatic heterocycles. The van der Waals surface area contributed by atoms with E-state index in [1.165, 1.54) is 0 Å². The second-order valence-electron chi connectivity index (χ2n) is 29.9. The molecule has 0 unspecified atom stereocenters. The molecule has 0 bridgehead atoms. The minimum absolute atomic E-state index is 0.0207. The van der Waals surface area contributed by atoms with Crippen molar-refractivity contribution in [1.29, 1.82) is 10.5 Å². The zero-order chi connectivity index (χ0) is 77.2. The normalized spacial score (nSPS) is 25.6. The molecule has 0 radical (unpaired) electrons. The van der Waals surface area contributed by atoms with Crippen LogP contribution in [0.4, 0.5) is 0 Å². The number of nitriles is 2. The van der Waals surface area contributed by atoms with Crippen molar-refractivity contribution in [2.75, 3.05) is 0 Å². The van der Waals surface area contributed by atoms with Gasteiger partial charge in [0, 0.05) is 32.8 Å². The number of hydrogen-bond donors (Lipinski definition) is 1. The van der Waals surface area contributed by atoms with Gasteiger partial charge < -0.3 is 47.7 Å². The third-order valence-electron chi connectivity index (χ3n) is 22.5. The number of benzene rings is 9. The lowest BCUT2D eigenvalue weighted by Gasteiger charge is -2.46. The van der Waals surface area contributed by atoms with Crippen molar-refractivity contribution in [2.45, 2.75) is 217 Å². The van der Waals surface area contributed by atoms with E-state index in [0.29, 0.717) is 73.1 Å². The maximum absolute atomic E-state index is 12.1. The smallest absolute Gasteiger partial charge is 0.314 e. The van der Waals surface area contributed by atoms with E-state index in [1.807, 2.05) is 164 Å². The van der Waals surface area contributed by atoms with Gasteiger partial charge in [-0.25, -0.2) is 0 Å². The summed E-state index contributed by atoms with van der Waals surface area (Å²) in [6.07, 6.45) is 2.95. The van der Waals surface area contributed by atoms with Crippen molar-refractivity contribution in [1.82, 2.24) is 0 Å². The Labute approximate surface area is 664 Å². The lowest BCUT2D eigenvalue weighted by Crippen LogP contribution is -2.51. The summed E-state index contributed by atoms with van der Waals surface area (Å²) in [6, 6.07) is 83.2. The predicted molar refractivity (Wildman–Crippen MR) is 430 cm³/mol. The van der Waals surface area contributed by atoms with Crippen molar-refractivity contribution in [3.05, 3.63) is 318 Å². The molecule has 574 valence electrons. The van der Waals surface area contributed by atoms with Gasteiger partial charge >= 0.3 is 5.97 Å². The molecule has 5 fully saturated rings. The Balaban J connectivity index is 0.000000154. The van der Waals surface area contributed by atoms with Gasteiger partial charge in [0.1, 0.15) is 36.6 Å². The molecule has 0 amide bonds. The number of halogens is 3. The summed E-state index contributed by atoms with van der Waals surface area (Å²) < 4.78 is 59.8. The van der Waals surface area contributed by atoms with E-state index >= 15 is 0 Å². The van der Waals surface area contributed by atoms with E-state index in [9.17, 15) is 20.4 Å². The Morgan fingerprint density at radius 3 is 0.955 bits per heavy atom. The summed E-state index contributed by atoms with van der Waals surface area (Å²) in [6.45, 7) is 15.8. The molecule has 5 aliphatic rings. The monoisotopic (exact) mass is 1540 g/mol. The van der Waals surface area contributed by atoms with Gasteiger partial charge in [-0.05, 0) is 130 Å². The average Bonchev–Trinajstić information content (AvgIpc) is 1.56. The topological polar surface area (TPSA) is 168 Å². The van der Waals surface area contributed by atoms with Crippen molar-refractivity contribution in [3.63, 3.8) is 0 Å². The Hall–Kier alpha value is -8.06. The van der Waals surface area contributed by atoms with Gasteiger partial charge in [0.2, 0.25) is 0 Å². The first-order valence-electron chi connectivity index (χ1n) is 38.9. The molecular formula is C94H101Cl3N2O11. The molecule has 3 saturated heterocycles. The highest BCUT2D eigenvalue weighted by molar-refractivity contribution is 6.32. The number of carboxylic acids is 1. The molecule has 14 rings (SSSR count). The minimum atomic E-state index is -0.914. The van der Waals surface area contributed by atoms with E-state index in [2.05, 4.69) is 120 Å². The standard InChI is InChI=1S/C32H34ClNO3.C32H35ClO5.C30H32ClNO3/c1-3-28-22(2)29(35-19-23-10-6-4-7-11-23)31(36-20-24-12-8-5-9-13-24)30(37-28)25-14-15-27(33)26(18-25)32(21-34)16-17-32;1-3-27-21(2)28(36-19-22-10-6-4-7-11-22)30(37-20-23-12-8-5-9-13-23)29(38-27)24-14-15-26(33)25(18-24)32(16-17-32)31(34)35;1-3-27-21(2)28(33-19-22-10-6-4-7-11-22)30(34-20-23-12-8-5-9-13-23)29(35-27)25-14-15-26(31)24(18-25)16-17-32/h4-15,18,22,28-31H,3,16-17,19-20H2,1-2H3;4-15,18,21,27-30H,3,16-17,19-20H2,1-2H3,(H,34,35);4-15,18,21,27-30H,3,16,19-20H2,1-2H3/t22-,28-,29+,30+,31-;2*21-,27-,28+,29+,30-/m111/s1. The van der Waals surface area contributed by atoms with E-state index in [1.54, 1.807) is 6.07 Å². The number of rotatable bonds is 28. The van der Waals surface area contributed by atoms with Crippen LogP contribution in [0, 0.1) is 40.4 Å². The first-order chi connectivity index (χ1) is 53.6. The Morgan fingerprint density at radius 2 is 0.682 bits per heavy atom. The molecule has 13 nitrogen and oxygen atoms in total. The SMILES string of the molecule is CC[C@H]1O[C@@H](c2ccc(Cl)c(C3(C#N)CC3)c2)[C@H](OCc2ccccc2)[C@@H](OCc2ccccc2)[C@@H]1C.CC[C@H]1O[C@@H](c2ccc(Cl)c(C3(C(=O)O)CC3)c2)[C@H](OCc2ccccc2)[C@@H](OCc2ccccc2)[C@@H]1C.CC[C@H]1O[C@@H](c2ccc(Cl)c(CC#N)c2)[C@H](OCc2ccccc2)[C@@H](OCc2ccccc2)[C@@H]1C. The van der Waals surface area contributed by atoms with E-state index in [0.717, 1.165) is 93.3 Å². The number of ether oxygens (including phenoxy) is 9. The highest BCUT2D eigenvalue weighted by Gasteiger charge is 2.54. The molecule has 9 aromatic carbocycles. The van der Waals surface area contributed by atoms with Crippen LogP contribution in [0.5, 0.6) is 0 Å². The van der Waals surface area contributed by atoms with Gasteiger partial charge in [0.15, 0.2) is 0 Å². The molecule has 15 atom stereocenters. The van der Waals surface area contributed by atoms with Gasteiger partial charge in [-0.1, -0.05) is 295 Å². The van der Waals surface area contributed by atoms with Crippen LogP contribution in [0.3, 0.4) is 0 Å². The zero-order valence-corrected chi connectivity index (χ0v) is 65.9. The van der Waals surface area contributed by atoms with Crippen LogP contribution < -0.4 is 0 Å². The molecule has 1 N–H and O–H groups in total. The van der Waals surface area contributed by atoms with Gasteiger partial charge in [-0.15, -0.1) is 0 Å². The molecule has 2 aliphatic carbocycles. The van der Waals surface area contributed by atoms with Crippen LogP contribution in [-0.4, -0.2) is 66.0 Å². The summed E-state index contributed by atoms with van der Waals surface area (Å²) >= 11 is 19.5. The quantitative estimate of drug-likeness (QED) is 0.0492. The van der Waals surface area contributed by atoms with Crippen molar-refractivity contribution in [2.24, 2.45) is 17.8 Å². The number of carbonyl (C=O) groups is 1. The third kappa shape index (κ3) is 20.0. The number of aliphatic carboxylic acids is 1. The van der Waals surface area contributed by atoms with E-state index in [4.69, 9.17) is 77.4 Å². The summed E-state index contributed by atoms with van der Waals surface area (Å²) in [5.74, 6) is -0.443. The van der Waals surface area contributed by atoms with Gasteiger partial charge in [0.05, 0.1) is 106 Å². The zero-order valence-electron chi connectivity index (χ0n) is 63.6. The highest BCUT2D eigenvalue weighted by atomic mass is 35.5. The molecule has 9 aromatic rings. The maximum Gasteiger partial charge on any atom is 0.314 e. The summed E-state index contributed by atoms with van der Waals surface area (Å²) in [4.78, 5) is 12.1. The van der Waals surface area contributed by atoms with Crippen LogP contribution in [0.2, 0.25) is 15.1 Å². The number of nitrogens with zero attached hydrogens (tertiary/aromatic N) is 2. The van der Waals surface area contributed by atoms with Crippen molar-refractivity contribution in [3.8, 4) is 12.1 Å². The second kappa shape index (κ2) is 38.9. The number of carboxylic acid groups (broad SMARTS) is 1. The largest absolute Gasteiger partial charge is 0.481 e. The van der Waals surface area contributed by atoms with Crippen LogP contribution in [0.25, 0.3) is 0 Å². The molecule has 3 heterocycles. The van der Waals surface area contributed by atoms with Crippen molar-refractivity contribution >= 4 is 40.8 Å². The summed E-state index contributed by atoms with van der Waals surface area (Å²) in [5, 5.41) is 30.8. The fourth-order valence-corrected chi connectivity index (χ4v) is 16.6. The molecule has 2 saturated carbocycles. The summed E-state index contributed by atoms with van der Waals surface area (Å²) in [5.41, 5.74) is 10.4. The Kier molecular flexibility index (Phi) is 28.8. The average molecular weight is 1540 g/mol. The van der Waals surface area contributed by atoms with E-state index in [-0.39, 0.29) is 85.2 Å². The van der Waals surface area contributed by atoms with Gasteiger partial charge in [-0.3, -0.25) is 4.79 Å². The third-order valence-corrected chi connectivity index (χ3v) is 23.6. The molecule has 0 aromatic heterocycles. The predicted octanol–water partition coefficient (Wildman–Crippen LogP) is 21.7. The van der Waals surface area contributed by atoms with Crippen molar-refractivity contribution < 1.29 is 52.5 Å². The minimum Gasteiger partial charge on any atom is -0.481 e. The lowest BCUT2D eigenvalue weighted by molar-refractivity contribution is -0.234. The second-order valence-corrected chi connectivity index (χ2v) is 31.1. The van der Waals surface area contributed by atoms with Crippen LogP contribution >= 0.6 is 34.8 Å². The Morgan fingerprint density at radius 1 is 0.400 bits per heavy atom. The van der Waals surface area contributed by atoms with Crippen LogP contribution in [-0.2, 0) is 104 Å². The van der Waals surface area contributed by atoms with Crippen LogP contribution in [0.15, 0.2) is 237 Å². The molecule has 110 heavy (non-hydrogen) atoms. The lowest BCUT2D eigenvalue weighted by atomic mass is 9.83. The molecule has 0 spiro atoms. The van der Waals surface area contributed by atoms with Gasteiger partial charge in [-0.2, -0.15) is 10.5 Å². The first-order valence-corrected chi connectivity index (χ1v) is 40.0. The van der Waals surface area contributed by atoms with Crippen LogP contribution in [0.1, 0.15) is 172 Å². The fraction of sp³-hybridized carbons (Fsp3) is 0.394. The fourth-order valence-electron chi connectivity index (χ4n) is 15.8. The number of hydrogen-bond acceptors (Lipinski definition) is 12. The summed E-state index contributed by atoms with van der Waals surface area (Å²) in [7, 11) is 0. The Bertz CT molecular complexity index is 4470. The first kappa shape index (κ1) is 81.4. The maximum atomic E-state index is 12.1.